The Morgan fingerprint density at radius 3 is 2.12 bits per heavy atom. The van der Waals surface area contributed by atoms with Crippen LogP contribution < -0.4 is 10.6 Å². The maximum atomic E-state index is 12.8. The van der Waals surface area contributed by atoms with Gasteiger partial charge in [-0.15, -0.1) is 0 Å². The third-order valence-electron chi connectivity index (χ3n) is 5.53. The van der Waals surface area contributed by atoms with Crippen LogP contribution in [0.5, 0.6) is 0 Å². The van der Waals surface area contributed by atoms with E-state index in [4.69, 9.17) is 0 Å². The molecule has 0 aliphatic carbocycles. The number of aryl methyl sites for hydroxylation is 1. The van der Waals surface area contributed by atoms with Gasteiger partial charge in [-0.2, -0.15) is 0 Å². The standard InChI is InChI=1S/C27H31N3O2/c1-20-11-10-16-24(21(20)2)28-26(31)18-30(3)19-27(32)29-25(23-14-8-5-9-15-23)17-22-12-6-4-7-13-22/h4-16,25H,17-19H2,1-3H3,(H,28,31)(H,29,32)/t25-/m0/s1. The molecule has 5 heteroatoms. The van der Waals surface area contributed by atoms with Crippen molar-refractivity contribution in [2.45, 2.75) is 26.3 Å². The number of amides is 2. The van der Waals surface area contributed by atoms with Crippen LogP contribution >= 0.6 is 0 Å². The fourth-order valence-electron chi connectivity index (χ4n) is 3.65. The highest BCUT2D eigenvalue weighted by molar-refractivity contribution is 5.93. The molecule has 0 fully saturated rings. The van der Waals surface area contributed by atoms with E-state index in [9.17, 15) is 9.59 Å². The van der Waals surface area contributed by atoms with Crippen LogP contribution in [-0.4, -0.2) is 36.9 Å². The zero-order valence-corrected chi connectivity index (χ0v) is 19.0. The minimum atomic E-state index is -0.141. The van der Waals surface area contributed by atoms with Gasteiger partial charge in [0, 0.05) is 5.69 Å². The van der Waals surface area contributed by atoms with Crippen LogP contribution in [0.3, 0.4) is 0 Å². The molecule has 0 aliphatic rings. The lowest BCUT2D eigenvalue weighted by atomic mass is 9.99. The predicted molar refractivity (Wildman–Crippen MR) is 130 cm³/mol. The van der Waals surface area contributed by atoms with Crippen molar-refractivity contribution in [2.75, 3.05) is 25.5 Å². The molecular formula is C27H31N3O2. The number of hydrogen-bond donors (Lipinski definition) is 2. The van der Waals surface area contributed by atoms with Crippen molar-refractivity contribution in [1.29, 1.82) is 0 Å². The van der Waals surface area contributed by atoms with Gasteiger partial charge in [0.15, 0.2) is 0 Å². The van der Waals surface area contributed by atoms with Crippen molar-refractivity contribution in [3.05, 3.63) is 101 Å². The summed E-state index contributed by atoms with van der Waals surface area (Å²) in [5.41, 5.74) is 5.19. The second-order valence-corrected chi connectivity index (χ2v) is 8.19. The Balaban J connectivity index is 1.57. The van der Waals surface area contributed by atoms with Crippen LogP contribution in [0.4, 0.5) is 5.69 Å². The van der Waals surface area contributed by atoms with E-state index in [1.54, 1.807) is 11.9 Å². The third kappa shape index (κ3) is 6.79. The van der Waals surface area contributed by atoms with Crippen LogP contribution in [0.1, 0.15) is 28.3 Å². The second kappa shape index (κ2) is 11.3. The predicted octanol–water partition coefficient (Wildman–Crippen LogP) is 4.27. The number of rotatable bonds is 9. The summed E-state index contributed by atoms with van der Waals surface area (Å²) < 4.78 is 0. The molecule has 0 aromatic heterocycles. The molecule has 0 unspecified atom stereocenters. The van der Waals surface area contributed by atoms with Gasteiger partial charge in [-0.05, 0) is 55.6 Å². The fraction of sp³-hybridized carbons (Fsp3) is 0.259. The molecular weight excluding hydrogens is 398 g/mol. The Kier molecular flexibility index (Phi) is 8.17. The van der Waals surface area contributed by atoms with Crippen molar-refractivity contribution in [3.8, 4) is 0 Å². The van der Waals surface area contributed by atoms with E-state index in [0.717, 1.165) is 27.9 Å². The summed E-state index contributed by atoms with van der Waals surface area (Å²) in [5.74, 6) is -0.255. The van der Waals surface area contributed by atoms with E-state index >= 15 is 0 Å². The van der Waals surface area contributed by atoms with Crippen molar-refractivity contribution >= 4 is 17.5 Å². The molecule has 5 nitrogen and oxygen atoms in total. The third-order valence-corrected chi connectivity index (χ3v) is 5.53. The van der Waals surface area contributed by atoms with Crippen LogP contribution in [-0.2, 0) is 16.0 Å². The smallest absolute Gasteiger partial charge is 0.238 e. The van der Waals surface area contributed by atoms with Gasteiger partial charge in [0.2, 0.25) is 11.8 Å². The van der Waals surface area contributed by atoms with E-state index < -0.39 is 0 Å². The summed E-state index contributed by atoms with van der Waals surface area (Å²) in [6, 6.07) is 25.8. The maximum absolute atomic E-state index is 12.8. The lowest BCUT2D eigenvalue weighted by Gasteiger charge is -2.22. The molecule has 3 aromatic carbocycles. The first-order chi connectivity index (χ1) is 15.4. The fourth-order valence-corrected chi connectivity index (χ4v) is 3.65. The molecule has 2 N–H and O–H groups in total. The number of nitrogens with zero attached hydrogens (tertiary/aromatic N) is 1. The lowest BCUT2D eigenvalue weighted by molar-refractivity contribution is -0.123. The molecule has 0 bridgehead atoms. The number of anilines is 1. The topological polar surface area (TPSA) is 61.4 Å². The van der Waals surface area contributed by atoms with E-state index in [2.05, 4.69) is 22.8 Å². The first-order valence-corrected chi connectivity index (χ1v) is 10.8. The van der Waals surface area contributed by atoms with Gasteiger partial charge in [0.1, 0.15) is 0 Å². The summed E-state index contributed by atoms with van der Waals surface area (Å²) in [4.78, 5) is 27.0. The number of carbonyl (C=O) groups excluding carboxylic acids is 2. The minimum absolute atomic E-state index is 0.114. The molecule has 1 atom stereocenters. The van der Waals surface area contributed by atoms with Crippen LogP contribution in [0.15, 0.2) is 78.9 Å². The molecule has 32 heavy (non-hydrogen) atoms. The summed E-state index contributed by atoms with van der Waals surface area (Å²) in [5, 5.41) is 6.08. The van der Waals surface area contributed by atoms with Crippen LogP contribution in [0, 0.1) is 13.8 Å². The molecule has 3 rings (SSSR count). The number of likely N-dealkylation sites (N-methyl/N-ethyl adjacent to an activating group) is 1. The highest BCUT2D eigenvalue weighted by Crippen LogP contribution is 2.19. The summed E-state index contributed by atoms with van der Waals surface area (Å²) in [6.07, 6.45) is 0.702. The molecule has 0 spiro atoms. The highest BCUT2D eigenvalue weighted by Gasteiger charge is 2.17. The normalized spacial score (nSPS) is 11.8. The monoisotopic (exact) mass is 429 g/mol. The van der Waals surface area contributed by atoms with Crippen molar-refractivity contribution < 1.29 is 9.59 Å². The maximum Gasteiger partial charge on any atom is 0.238 e. The average Bonchev–Trinajstić information content (AvgIpc) is 2.77. The quantitative estimate of drug-likeness (QED) is 0.534. The van der Waals surface area contributed by atoms with Gasteiger partial charge >= 0.3 is 0 Å². The Labute approximate surface area is 190 Å². The number of nitrogens with one attached hydrogen (secondary N) is 2. The van der Waals surface area contributed by atoms with Gasteiger partial charge in [0.05, 0.1) is 19.1 Å². The van der Waals surface area contributed by atoms with Gasteiger partial charge in [-0.1, -0.05) is 72.8 Å². The second-order valence-electron chi connectivity index (χ2n) is 8.19. The number of carbonyl (C=O) groups is 2. The number of benzene rings is 3. The van der Waals surface area contributed by atoms with E-state index in [1.807, 2.05) is 80.6 Å². The average molecular weight is 430 g/mol. The zero-order valence-electron chi connectivity index (χ0n) is 19.0. The molecule has 3 aromatic rings. The molecule has 0 heterocycles. The Morgan fingerprint density at radius 2 is 1.44 bits per heavy atom. The van der Waals surface area contributed by atoms with Gasteiger partial charge in [-0.25, -0.2) is 0 Å². The Morgan fingerprint density at radius 1 is 0.812 bits per heavy atom. The molecule has 0 radical (unpaired) electrons. The van der Waals surface area contributed by atoms with E-state index in [1.165, 1.54) is 0 Å². The van der Waals surface area contributed by atoms with Crippen molar-refractivity contribution in [2.24, 2.45) is 0 Å². The van der Waals surface area contributed by atoms with Crippen molar-refractivity contribution in [1.82, 2.24) is 10.2 Å². The zero-order chi connectivity index (χ0) is 22.9. The Bertz CT molecular complexity index is 1040. The molecule has 0 aliphatic heterocycles. The molecule has 0 saturated carbocycles. The lowest BCUT2D eigenvalue weighted by Crippen LogP contribution is -2.40. The minimum Gasteiger partial charge on any atom is -0.348 e. The first-order valence-electron chi connectivity index (χ1n) is 10.8. The summed E-state index contributed by atoms with van der Waals surface area (Å²) in [7, 11) is 1.77. The molecule has 0 saturated heterocycles. The molecule has 166 valence electrons. The SMILES string of the molecule is Cc1cccc(NC(=O)CN(C)CC(=O)N[C@@H](Cc2ccccc2)c2ccccc2)c1C. The molecule has 2 amide bonds. The largest absolute Gasteiger partial charge is 0.348 e. The number of hydrogen-bond acceptors (Lipinski definition) is 3. The summed E-state index contributed by atoms with van der Waals surface area (Å²) in [6.45, 7) is 4.27. The van der Waals surface area contributed by atoms with Crippen molar-refractivity contribution in [3.63, 3.8) is 0 Å². The van der Waals surface area contributed by atoms with Crippen LogP contribution in [0.2, 0.25) is 0 Å². The summed E-state index contributed by atoms with van der Waals surface area (Å²) >= 11 is 0. The van der Waals surface area contributed by atoms with Gasteiger partial charge in [-0.3, -0.25) is 14.5 Å². The Hall–Kier alpha value is -3.44. The van der Waals surface area contributed by atoms with E-state index in [-0.39, 0.29) is 30.9 Å². The van der Waals surface area contributed by atoms with E-state index in [0.29, 0.717) is 6.42 Å². The van der Waals surface area contributed by atoms with Crippen LogP contribution in [0.25, 0.3) is 0 Å². The highest BCUT2D eigenvalue weighted by atomic mass is 16.2. The first kappa shape index (κ1) is 23.2. The van der Waals surface area contributed by atoms with Gasteiger partial charge < -0.3 is 10.6 Å². The van der Waals surface area contributed by atoms with Gasteiger partial charge in [0.25, 0.3) is 0 Å².